The average molecular weight is 1370 g/mol. The number of carbonyl (C=O) groups is 2. The molecule has 98 heavy (non-hydrogen) atoms. The van der Waals surface area contributed by atoms with E-state index in [0.717, 1.165) is 24.3 Å². The molecule has 22 atom stereocenters. The van der Waals surface area contributed by atoms with E-state index in [1.807, 2.05) is 0 Å². The van der Waals surface area contributed by atoms with Crippen molar-refractivity contribution in [2.45, 2.75) is 202 Å². The number of carbonyl (C=O) groups excluding carboxylic acids is 2. The predicted molar refractivity (Wildman–Crippen MR) is 340 cm³/mol. The van der Waals surface area contributed by atoms with Gasteiger partial charge in [-0.1, -0.05) is 13.8 Å². The molecule has 30 heteroatoms. The number of benzene rings is 4. The van der Waals surface area contributed by atoms with Crippen LogP contribution in [0, 0.1) is 17.4 Å². The Kier molecular flexibility index (Phi) is 18.8. The van der Waals surface area contributed by atoms with Crippen LogP contribution in [-0.4, -0.2) is 224 Å². The Bertz CT molecular complexity index is 4590. The number of hydrogen-bond acceptors (Lipinski definition) is 27. The summed E-state index contributed by atoms with van der Waals surface area (Å²) in [4.78, 5) is 103. The predicted octanol–water partition coefficient (Wildman–Crippen LogP) is 1.01. The minimum atomic E-state index is -2.63. The highest BCUT2D eigenvalue weighted by Crippen LogP contribution is 2.61. The second-order valence-corrected chi connectivity index (χ2v) is 27.2. The normalized spacial score (nSPS) is 35.4. The van der Waals surface area contributed by atoms with Crippen LogP contribution in [0.4, 0.5) is 0 Å². The first-order chi connectivity index (χ1) is 46.4. The third-order valence-electron chi connectivity index (χ3n) is 21.5. The van der Waals surface area contributed by atoms with Crippen LogP contribution in [0.5, 0.6) is 23.0 Å². The molecule has 6 aromatic carbocycles. The van der Waals surface area contributed by atoms with Gasteiger partial charge in [-0.2, -0.15) is 4.79 Å². The number of fused-ring (bicyclic) bond motifs is 8. The second kappa shape index (κ2) is 26.0. The molecule has 0 radical (unpaired) electrons. The summed E-state index contributed by atoms with van der Waals surface area (Å²) < 4.78 is 67.6. The maximum absolute atomic E-state index is 17.8. The van der Waals surface area contributed by atoms with Gasteiger partial charge in [0, 0.05) is 61.8 Å². The molecule has 12 rings (SSSR count). The Hall–Kier alpha value is -7.26. The van der Waals surface area contributed by atoms with Crippen molar-refractivity contribution in [1.82, 2.24) is 9.80 Å². The molecule has 0 aromatic heterocycles. The zero-order valence-electron chi connectivity index (χ0n) is 55.9. The highest BCUT2D eigenvalue weighted by Gasteiger charge is 2.70. The summed E-state index contributed by atoms with van der Waals surface area (Å²) in [7, 11) is 9.50. The van der Waals surface area contributed by atoms with Crippen molar-refractivity contribution in [2.24, 2.45) is 11.8 Å². The van der Waals surface area contributed by atoms with Gasteiger partial charge in [0.1, 0.15) is 69.4 Å². The first-order valence-electron chi connectivity index (χ1n) is 32.7. The van der Waals surface area contributed by atoms with E-state index < -0.39 is 279 Å². The van der Waals surface area contributed by atoms with Gasteiger partial charge in [0.05, 0.1) is 116 Å². The summed E-state index contributed by atoms with van der Waals surface area (Å²) in [6.07, 6.45) is -24.3. The number of phenolic OH excluding ortho intramolecular Hbond substituents is 4. The fraction of sp³-hybridized carbons (Fsp3) is 0.588. The Morgan fingerprint density at radius 1 is 0.551 bits per heavy atom. The number of Topliss-reactive ketones (excluding diaryl/α,β-unsaturated/α-hetero) is 2. The summed E-state index contributed by atoms with van der Waals surface area (Å²) in [6, 6.07) is 2.01. The lowest BCUT2D eigenvalue weighted by atomic mass is 9.57. The molecule has 30 nitrogen and oxygen atoms in total. The van der Waals surface area contributed by atoms with Gasteiger partial charge in [0.2, 0.25) is 0 Å². The van der Waals surface area contributed by atoms with Crippen LogP contribution < -0.4 is 32.4 Å². The molecule has 0 amide bonds. The van der Waals surface area contributed by atoms with Gasteiger partial charge in [-0.25, -0.2) is 0 Å². The number of nitrogens with one attached hydrogen (secondary N) is 1. The molecule has 4 aliphatic heterocycles. The number of ether oxygens (including phenoxy) is 10. The molecule has 2 aliphatic carbocycles. The van der Waals surface area contributed by atoms with Crippen molar-refractivity contribution in [2.75, 3.05) is 42.4 Å². The summed E-state index contributed by atoms with van der Waals surface area (Å²) in [5, 5.41) is 91.3. The average Bonchev–Trinajstić information content (AvgIpc) is 1.45. The SMILES string of the molecule is CCC1(OC2CC(O)C(N(C)C)C(C)O2)c2c(c3c(O)c4c(=O)ccc(=O)c4c(O)c3c2=[N+]=[N-])C(=O)C(C2C(=O)c3c(c(=[N+]=N)c4c(O)c5c(=O)ccc(=O)c5c(O)c34)C(OC3CC(O)C(N(C)C)C(C)O3)C2(CC)OC2CC(OC)C(O)C(C)O2)C1OC1CC(OC)C(O)C(C)O1. The Labute approximate surface area is 558 Å². The first-order valence-corrected chi connectivity index (χ1v) is 32.7. The van der Waals surface area contributed by atoms with E-state index in [-0.39, 0.29) is 25.7 Å². The molecule has 6 aromatic rings. The van der Waals surface area contributed by atoms with Gasteiger partial charge in [0.15, 0.2) is 58.4 Å². The minimum absolute atomic E-state index is 0.338. The first kappa shape index (κ1) is 70.6. The number of aliphatic hydroxyl groups excluding tert-OH is 4. The van der Waals surface area contributed by atoms with Gasteiger partial charge >= 0.3 is 10.7 Å². The van der Waals surface area contributed by atoms with Crippen molar-refractivity contribution in [3.63, 3.8) is 0 Å². The number of aliphatic hydroxyl groups is 4. The minimum Gasteiger partial charge on any atom is -0.506 e. The van der Waals surface area contributed by atoms with Gasteiger partial charge in [-0.3, -0.25) is 28.8 Å². The van der Waals surface area contributed by atoms with E-state index >= 15 is 9.59 Å². The van der Waals surface area contributed by atoms with Gasteiger partial charge < -0.3 is 104 Å². The van der Waals surface area contributed by atoms with Gasteiger partial charge in [0.25, 0.3) is 0 Å². The topological polar surface area (TPSA) is 437 Å². The third-order valence-corrected chi connectivity index (χ3v) is 21.5. The fourth-order valence-corrected chi connectivity index (χ4v) is 17.2. The Balaban J connectivity index is 1.27. The number of phenols is 4. The largest absolute Gasteiger partial charge is 0.506 e. The van der Waals surface area contributed by atoms with Crippen LogP contribution in [0.3, 0.4) is 0 Å². The molecule has 22 unspecified atom stereocenters. The Morgan fingerprint density at radius 3 is 1.42 bits per heavy atom. The van der Waals surface area contributed by atoms with Crippen molar-refractivity contribution in [3.8, 4) is 23.0 Å². The van der Waals surface area contributed by atoms with E-state index in [1.165, 1.54) is 41.9 Å². The Morgan fingerprint density at radius 2 is 0.969 bits per heavy atom. The third kappa shape index (κ3) is 10.5. The molecule has 4 fully saturated rings. The molecule has 0 spiro atoms. The van der Waals surface area contributed by atoms with Crippen molar-refractivity contribution in [3.05, 3.63) is 104 Å². The highest BCUT2D eigenvalue weighted by atomic mass is 16.7. The summed E-state index contributed by atoms with van der Waals surface area (Å²) >= 11 is 0. The summed E-state index contributed by atoms with van der Waals surface area (Å²) in [5.41, 5.74) is 9.21. The molecule has 4 saturated heterocycles. The van der Waals surface area contributed by atoms with Crippen LogP contribution in [0.2, 0.25) is 0 Å². The lowest BCUT2D eigenvalue weighted by Gasteiger charge is -2.56. The van der Waals surface area contributed by atoms with Crippen molar-refractivity contribution < 1.29 is 107 Å². The quantitative estimate of drug-likeness (QED) is 0.0393. The molecule has 9 N–H and O–H groups in total. The van der Waals surface area contributed by atoms with E-state index in [2.05, 4.69) is 9.58 Å². The summed E-state index contributed by atoms with van der Waals surface area (Å²) in [6.45, 7) is 9.39. The second-order valence-electron chi connectivity index (χ2n) is 27.2. The van der Waals surface area contributed by atoms with E-state index in [0.29, 0.717) is 0 Å². The van der Waals surface area contributed by atoms with Crippen molar-refractivity contribution in [1.29, 1.82) is 5.53 Å². The fourth-order valence-electron chi connectivity index (χ4n) is 17.2. The van der Waals surface area contributed by atoms with Crippen molar-refractivity contribution >= 4 is 54.7 Å². The number of aromatic hydroxyl groups is 4. The number of nitrogens with zero attached hydrogens (tertiary/aromatic N) is 5. The standard InChI is InChI=1S/C68H80N6O24/c1-13-67(97-37-20-32(80)56(74(9)10)24(4)92-37)51-46(45-48(54(51)72-70)62(86)42-30(78)18-16-28(76)40(42)60(45)84)63(87)50(66(67)96-36-21-33(89-11)57(81)25(5)93-36)52-64(88)44-43-47(61(85)41-29(77)17-15-27(75)39(41)59(43)83)53(71-69)49(44)65(95-35-19-31(79)55(73(7)8)23(3)91-35)68(52,14-2)98-38-22-34(90-12)58(82)26(6)94-38/h15-18,23-26,31-38,50,52,55-58,65-66,79-82H,13-14,19-22H2,1-12H3,(H4,69,71,75,76,77,78,83,84,85,86,88)/p+1. The molecule has 526 valence electrons. The number of likely N-dealkylation sites (N-methyl/N-ethyl adjacent to an activating group) is 2. The molecule has 0 bridgehead atoms. The number of hydrogen-bond donors (Lipinski definition) is 9. The molecule has 4 heterocycles. The van der Waals surface area contributed by atoms with E-state index in [4.69, 9.17) is 52.9 Å². The van der Waals surface area contributed by atoms with Crippen LogP contribution in [0.25, 0.3) is 48.6 Å². The highest BCUT2D eigenvalue weighted by molar-refractivity contribution is 6.25. The number of methoxy groups -OCH3 is 2. The van der Waals surface area contributed by atoms with Gasteiger partial charge in [-0.05, 0) is 93.0 Å². The zero-order chi connectivity index (χ0) is 71.1. The molecular weight excluding hydrogens is 1280 g/mol. The molecule has 0 saturated carbocycles. The van der Waals surface area contributed by atoms with E-state index in [9.17, 15) is 65.6 Å². The zero-order valence-corrected chi connectivity index (χ0v) is 55.9. The number of rotatable bonds is 15. The lowest BCUT2D eigenvalue weighted by Crippen LogP contribution is -2.67. The van der Waals surface area contributed by atoms with Gasteiger partial charge in [-0.15, -0.1) is 0 Å². The van der Waals surface area contributed by atoms with Crippen LogP contribution >= 0.6 is 0 Å². The van der Waals surface area contributed by atoms with Crippen LogP contribution in [-0.2, 0) is 53.0 Å². The maximum Gasteiger partial charge on any atom is 0.383 e. The molecular formula is C68H81N6O24+. The lowest BCUT2D eigenvalue weighted by molar-refractivity contribution is -0.348. The molecule has 6 aliphatic rings. The number of ketones is 2. The summed E-state index contributed by atoms with van der Waals surface area (Å²) in [5.74, 6) is -11.4. The van der Waals surface area contributed by atoms with E-state index in [1.54, 1.807) is 51.8 Å². The van der Waals surface area contributed by atoms with Crippen LogP contribution in [0.1, 0.15) is 118 Å². The van der Waals surface area contributed by atoms with Crippen LogP contribution in [0.15, 0.2) is 43.4 Å². The monoisotopic (exact) mass is 1370 g/mol. The maximum atomic E-state index is 17.8. The smallest absolute Gasteiger partial charge is 0.383 e.